The van der Waals surface area contributed by atoms with Gasteiger partial charge >= 0.3 is 0 Å². The first kappa shape index (κ1) is 13.0. The normalized spacial score (nSPS) is 12.4. The topological polar surface area (TPSA) is 53.6 Å². The molecule has 0 aliphatic rings. The summed E-state index contributed by atoms with van der Waals surface area (Å²) in [5, 5.41) is 12.4. The van der Waals surface area contributed by atoms with Crippen LogP contribution in [0.5, 0.6) is 0 Å². The first-order chi connectivity index (χ1) is 9.83. The van der Waals surface area contributed by atoms with E-state index in [-0.39, 0.29) is 6.04 Å². The quantitative estimate of drug-likeness (QED) is 0.755. The first-order valence-electron chi connectivity index (χ1n) is 6.54. The first-order valence-corrected chi connectivity index (χ1v) is 7.42. The predicted molar refractivity (Wildman–Crippen MR) is 81.4 cm³/mol. The van der Waals surface area contributed by atoms with Crippen molar-refractivity contribution in [3.05, 3.63) is 58.8 Å². The maximum Gasteiger partial charge on any atom is 0.141 e. The van der Waals surface area contributed by atoms with Crippen LogP contribution < -0.4 is 5.32 Å². The molecule has 0 saturated carbocycles. The van der Waals surface area contributed by atoms with Crippen LogP contribution in [0.3, 0.4) is 0 Å². The number of aromatic nitrogens is 3. The van der Waals surface area contributed by atoms with Crippen LogP contribution in [0.1, 0.15) is 23.7 Å². The lowest BCUT2D eigenvalue weighted by Crippen LogP contribution is -2.18. The summed E-state index contributed by atoms with van der Waals surface area (Å²) in [7, 11) is 0. The van der Waals surface area contributed by atoms with Gasteiger partial charge in [-0.3, -0.25) is 5.10 Å². The van der Waals surface area contributed by atoms with E-state index in [1.165, 1.54) is 22.3 Å². The molecule has 0 fully saturated rings. The molecule has 3 aromatic rings. The second kappa shape index (κ2) is 5.98. The van der Waals surface area contributed by atoms with Crippen molar-refractivity contribution in [1.82, 2.24) is 20.5 Å². The second-order valence-corrected chi connectivity index (χ2v) is 5.64. The highest BCUT2D eigenvalue weighted by molar-refractivity contribution is 7.10. The van der Waals surface area contributed by atoms with Crippen LogP contribution in [0.25, 0.3) is 11.1 Å². The molecule has 102 valence electrons. The standard InChI is InChI=1S/C15H16N4S/c1-11(15-17-10-18-19-15)16-8-14-7-13(9-20-14)12-5-3-2-4-6-12/h2-7,9-11,16H,8H2,1H3,(H,17,18,19). The Morgan fingerprint density at radius 1 is 1.25 bits per heavy atom. The van der Waals surface area contributed by atoms with Gasteiger partial charge in [0.15, 0.2) is 0 Å². The number of hydrogen-bond acceptors (Lipinski definition) is 4. The predicted octanol–water partition coefficient (Wildman–Crippen LogP) is 3.38. The summed E-state index contributed by atoms with van der Waals surface area (Å²) in [6, 6.07) is 12.8. The number of hydrogen-bond donors (Lipinski definition) is 2. The molecule has 0 amide bonds. The minimum Gasteiger partial charge on any atom is -0.303 e. The molecular formula is C15H16N4S. The van der Waals surface area contributed by atoms with Gasteiger partial charge in [0.1, 0.15) is 12.2 Å². The van der Waals surface area contributed by atoms with Crippen molar-refractivity contribution in [2.45, 2.75) is 19.5 Å². The third-order valence-corrected chi connectivity index (χ3v) is 4.12. The zero-order valence-corrected chi connectivity index (χ0v) is 12.0. The highest BCUT2D eigenvalue weighted by Gasteiger charge is 2.08. The molecular weight excluding hydrogens is 268 g/mol. The summed E-state index contributed by atoms with van der Waals surface area (Å²) in [5.74, 6) is 0.866. The highest BCUT2D eigenvalue weighted by atomic mass is 32.1. The Morgan fingerprint density at radius 2 is 2.10 bits per heavy atom. The van der Waals surface area contributed by atoms with Crippen molar-refractivity contribution < 1.29 is 0 Å². The Hall–Kier alpha value is -1.98. The molecule has 0 radical (unpaired) electrons. The molecule has 0 aliphatic heterocycles. The van der Waals surface area contributed by atoms with Crippen molar-refractivity contribution in [3.8, 4) is 11.1 Å². The molecule has 1 atom stereocenters. The van der Waals surface area contributed by atoms with E-state index in [2.05, 4.69) is 63.1 Å². The lowest BCUT2D eigenvalue weighted by Gasteiger charge is -2.09. The van der Waals surface area contributed by atoms with E-state index < -0.39 is 0 Å². The molecule has 1 aromatic carbocycles. The number of aromatic amines is 1. The van der Waals surface area contributed by atoms with Gasteiger partial charge in [-0.1, -0.05) is 30.3 Å². The molecule has 0 saturated heterocycles. The van der Waals surface area contributed by atoms with Crippen LogP contribution in [0.4, 0.5) is 0 Å². The van der Waals surface area contributed by atoms with Gasteiger partial charge in [-0.2, -0.15) is 5.10 Å². The highest BCUT2D eigenvalue weighted by Crippen LogP contribution is 2.25. The fourth-order valence-electron chi connectivity index (χ4n) is 2.03. The number of H-pyrrole nitrogens is 1. The van der Waals surface area contributed by atoms with Crippen LogP contribution in [0, 0.1) is 0 Å². The number of rotatable bonds is 5. The lowest BCUT2D eigenvalue weighted by atomic mass is 10.1. The van der Waals surface area contributed by atoms with Gasteiger partial charge in [0.05, 0.1) is 6.04 Å². The van der Waals surface area contributed by atoms with E-state index in [1.54, 1.807) is 11.3 Å². The van der Waals surface area contributed by atoms with E-state index in [4.69, 9.17) is 0 Å². The van der Waals surface area contributed by atoms with Gasteiger partial charge < -0.3 is 5.32 Å². The summed E-state index contributed by atoms with van der Waals surface area (Å²) in [5.41, 5.74) is 2.54. The molecule has 0 spiro atoms. The second-order valence-electron chi connectivity index (χ2n) is 4.64. The fraction of sp³-hybridized carbons (Fsp3) is 0.200. The number of benzene rings is 1. The van der Waals surface area contributed by atoms with E-state index in [0.717, 1.165) is 12.4 Å². The maximum absolute atomic E-state index is 4.16. The van der Waals surface area contributed by atoms with E-state index in [9.17, 15) is 0 Å². The van der Waals surface area contributed by atoms with Crippen molar-refractivity contribution in [3.63, 3.8) is 0 Å². The molecule has 20 heavy (non-hydrogen) atoms. The molecule has 0 aliphatic carbocycles. The fourth-order valence-corrected chi connectivity index (χ4v) is 2.87. The molecule has 1 unspecified atom stereocenters. The van der Waals surface area contributed by atoms with Gasteiger partial charge in [-0.05, 0) is 29.5 Å². The summed E-state index contributed by atoms with van der Waals surface area (Å²) in [6.07, 6.45) is 1.53. The SMILES string of the molecule is CC(NCc1cc(-c2ccccc2)cs1)c1ncn[nH]1. The van der Waals surface area contributed by atoms with Crippen molar-refractivity contribution in [1.29, 1.82) is 0 Å². The van der Waals surface area contributed by atoms with Gasteiger partial charge in [0.2, 0.25) is 0 Å². The third-order valence-electron chi connectivity index (χ3n) is 3.19. The van der Waals surface area contributed by atoms with Gasteiger partial charge in [-0.25, -0.2) is 4.98 Å². The van der Waals surface area contributed by atoms with Gasteiger partial charge in [0, 0.05) is 11.4 Å². The third kappa shape index (κ3) is 2.95. The van der Waals surface area contributed by atoms with Crippen LogP contribution in [0.2, 0.25) is 0 Å². The molecule has 0 bridgehead atoms. The number of nitrogens with one attached hydrogen (secondary N) is 2. The average molecular weight is 284 g/mol. The Morgan fingerprint density at radius 3 is 2.85 bits per heavy atom. The molecule has 4 nitrogen and oxygen atoms in total. The lowest BCUT2D eigenvalue weighted by molar-refractivity contribution is 0.551. The summed E-state index contributed by atoms with van der Waals surface area (Å²) in [4.78, 5) is 5.47. The average Bonchev–Trinajstić information content (AvgIpc) is 3.17. The van der Waals surface area contributed by atoms with Crippen LogP contribution in [0.15, 0.2) is 48.1 Å². The largest absolute Gasteiger partial charge is 0.303 e. The Balaban J connectivity index is 1.63. The van der Waals surface area contributed by atoms with Crippen molar-refractivity contribution in [2.24, 2.45) is 0 Å². The molecule has 2 aromatic heterocycles. The zero-order chi connectivity index (χ0) is 13.8. The Bertz CT molecular complexity index is 646. The van der Waals surface area contributed by atoms with Crippen molar-refractivity contribution >= 4 is 11.3 Å². The minimum atomic E-state index is 0.166. The van der Waals surface area contributed by atoms with Gasteiger partial charge in [-0.15, -0.1) is 11.3 Å². The molecule has 2 heterocycles. The summed E-state index contributed by atoms with van der Waals surface area (Å²) < 4.78 is 0. The van der Waals surface area contributed by atoms with E-state index in [0.29, 0.717) is 0 Å². The van der Waals surface area contributed by atoms with Crippen LogP contribution in [-0.4, -0.2) is 15.2 Å². The number of nitrogens with zero attached hydrogens (tertiary/aromatic N) is 2. The molecule has 2 N–H and O–H groups in total. The summed E-state index contributed by atoms with van der Waals surface area (Å²) in [6.45, 7) is 2.91. The van der Waals surface area contributed by atoms with E-state index >= 15 is 0 Å². The van der Waals surface area contributed by atoms with Crippen molar-refractivity contribution in [2.75, 3.05) is 0 Å². The smallest absolute Gasteiger partial charge is 0.141 e. The Labute approximate surface area is 121 Å². The zero-order valence-electron chi connectivity index (χ0n) is 11.2. The number of thiophene rings is 1. The molecule has 5 heteroatoms. The minimum absolute atomic E-state index is 0.166. The van der Waals surface area contributed by atoms with Gasteiger partial charge in [0.25, 0.3) is 0 Å². The van der Waals surface area contributed by atoms with E-state index in [1.807, 2.05) is 6.07 Å². The van der Waals surface area contributed by atoms with Crippen LogP contribution >= 0.6 is 11.3 Å². The monoisotopic (exact) mass is 284 g/mol. The molecule has 3 rings (SSSR count). The van der Waals surface area contributed by atoms with Crippen LogP contribution in [-0.2, 0) is 6.54 Å². The maximum atomic E-state index is 4.16. The Kier molecular flexibility index (Phi) is 3.90. The summed E-state index contributed by atoms with van der Waals surface area (Å²) >= 11 is 1.77.